The number of rotatable bonds is 10. The van der Waals surface area contributed by atoms with Gasteiger partial charge < -0.3 is 25.2 Å². The van der Waals surface area contributed by atoms with Crippen LogP contribution in [0.4, 0.5) is 4.79 Å². The fourth-order valence-electron chi connectivity index (χ4n) is 6.52. The molecule has 216 valence electrons. The SMILES string of the molecule is O=C(C[C@H](NC(=O)OCC1c2ccccc2-c2ccccc21)C(=O)NC1CC2CC2(C(=O)O)C1)OCc1ccccc1. The molecule has 0 heterocycles. The van der Waals surface area contributed by atoms with E-state index in [1.54, 1.807) is 0 Å². The van der Waals surface area contributed by atoms with Crippen LogP contribution in [0, 0.1) is 11.3 Å². The molecule has 2 fully saturated rings. The van der Waals surface area contributed by atoms with Gasteiger partial charge in [-0.3, -0.25) is 14.4 Å². The van der Waals surface area contributed by atoms with Gasteiger partial charge in [-0.05, 0) is 53.0 Å². The third kappa shape index (κ3) is 5.46. The van der Waals surface area contributed by atoms with Crippen molar-refractivity contribution in [1.29, 1.82) is 0 Å². The largest absolute Gasteiger partial charge is 0.481 e. The van der Waals surface area contributed by atoms with E-state index in [2.05, 4.69) is 10.6 Å². The van der Waals surface area contributed by atoms with E-state index in [1.165, 1.54) is 0 Å². The Morgan fingerprint density at radius 1 is 0.857 bits per heavy atom. The van der Waals surface area contributed by atoms with Gasteiger partial charge >= 0.3 is 18.0 Å². The van der Waals surface area contributed by atoms with Gasteiger partial charge in [0.15, 0.2) is 0 Å². The zero-order valence-corrected chi connectivity index (χ0v) is 23.0. The van der Waals surface area contributed by atoms with E-state index in [0.717, 1.165) is 27.8 Å². The minimum atomic E-state index is -1.25. The van der Waals surface area contributed by atoms with E-state index in [-0.39, 0.29) is 31.1 Å². The molecule has 9 heteroatoms. The average molecular weight is 569 g/mol. The number of aliphatic carboxylic acids is 1. The second-order valence-corrected chi connectivity index (χ2v) is 11.4. The molecular weight excluding hydrogens is 536 g/mol. The van der Waals surface area contributed by atoms with Gasteiger partial charge in [0.2, 0.25) is 5.91 Å². The van der Waals surface area contributed by atoms with Crippen LogP contribution in [-0.4, -0.2) is 47.7 Å². The Bertz CT molecular complexity index is 1480. The van der Waals surface area contributed by atoms with Gasteiger partial charge in [-0.25, -0.2) is 4.79 Å². The first-order valence-electron chi connectivity index (χ1n) is 14.2. The average Bonchev–Trinajstić information content (AvgIpc) is 3.43. The normalized spacial score (nSPS) is 22.2. The van der Waals surface area contributed by atoms with Crippen LogP contribution in [0.2, 0.25) is 0 Å². The minimum absolute atomic E-state index is 0.0321. The van der Waals surface area contributed by atoms with Crippen molar-refractivity contribution in [3.63, 3.8) is 0 Å². The van der Waals surface area contributed by atoms with Crippen molar-refractivity contribution in [2.75, 3.05) is 6.61 Å². The van der Waals surface area contributed by atoms with Crippen molar-refractivity contribution in [2.24, 2.45) is 11.3 Å². The lowest BCUT2D eigenvalue weighted by molar-refractivity contribution is -0.147. The lowest BCUT2D eigenvalue weighted by Gasteiger charge is -2.22. The topological polar surface area (TPSA) is 131 Å². The van der Waals surface area contributed by atoms with Crippen molar-refractivity contribution >= 4 is 23.9 Å². The molecule has 3 aliphatic rings. The third-order valence-corrected chi connectivity index (χ3v) is 8.75. The molecule has 6 rings (SSSR count). The third-order valence-electron chi connectivity index (χ3n) is 8.75. The quantitative estimate of drug-likeness (QED) is 0.309. The number of nitrogens with one attached hydrogen (secondary N) is 2. The summed E-state index contributed by atoms with van der Waals surface area (Å²) in [6, 6.07) is 23.5. The number of carbonyl (C=O) groups excluding carboxylic acids is 3. The molecule has 3 aromatic carbocycles. The predicted molar refractivity (Wildman–Crippen MR) is 152 cm³/mol. The van der Waals surface area contributed by atoms with Gasteiger partial charge in [0.1, 0.15) is 19.3 Å². The number of carbonyl (C=O) groups is 4. The Morgan fingerprint density at radius 3 is 2.14 bits per heavy atom. The minimum Gasteiger partial charge on any atom is -0.481 e. The second-order valence-electron chi connectivity index (χ2n) is 11.4. The molecule has 3 unspecified atom stereocenters. The highest BCUT2D eigenvalue weighted by atomic mass is 16.5. The van der Waals surface area contributed by atoms with Crippen LogP contribution in [0.1, 0.15) is 48.3 Å². The zero-order chi connectivity index (χ0) is 29.3. The number of alkyl carbamates (subject to hydrolysis) is 1. The summed E-state index contributed by atoms with van der Waals surface area (Å²) in [6.07, 6.45) is 0.262. The van der Waals surface area contributed by atoms with Gasteiger partial charge in [0.25, 0.3) is 0 Å². The Kier molecular flexibility index (Phi) is 7.41. The number of benzene rings is 3. The number of hydrogen-bond acceptors (Lipinski definition) is 6. The summed E-state index contributed by atoms with van der Waals surface area (Å²) in [7, 11) is 0. The highest BCUT2D eigenvalue weighted by Crippen LogP contribution is 2.63. The maximum Gasteiger partial charge on any atom is 0.407 e. The number of esters is 1. The van der Waals surface area contributed by atoms with Gasteiger partial charge in [-0.15, -0.1) is 0 Å². The van der Waals surface area contributed by atoms with E-state index >= 15 is 0 Å². The van der Waals surface area contributed by atoms with Crippen LogP contribution >= 0.6 is 0 Å². The summed E-state index contributed by atoms with van der Waals surface area (Å²) in [5.74, 6) is -2.21. The summed E-state index contributed by atoms with van der Waals surface area (Å²) in [5, 5.41) is 15.0. The molecule has 3 aliphatic carbocycles. The first kappa shape index (κ1) is 27.5. The molecule has 0 aromatic heterocycles. The van der Waals surface area contributed by atoms with E-state index in [4.69, 9.17) is 9.47 Å². The zero-order valence-electron chi connectivity index (χ0n) is 23.0. The Morgan fingerprint density at radius 2 is 1.50 bits per heavy atom. The first-order valence-corrected chi connectivity index (χ1v) is 14.2. The number of hydrogen-bond donors (Lipinski definition) is 3. The summed E-state index contributed by atoms with van der Waals surface area (Å²) < 4.78 is 11.0. The molecule has 3 N–H and O–H groups in total. The standard InChI is InChI=1S/C33H32N2O7/c36-29(41-18-20-8-2-1-3-9-20)15-28(30(37)34-22-14-21-16-33(21,17-22)31(38)39)35-32(40)42-19-27-25-12-6-4-10-23(25)24-11-5-7-13-26(24)27/h1-13,21-22,27-28H,14-19H2,(H,34,37)(H,35,40)(H,38,39)/t21?,22?,28-,33?/m0/s1. The van der Waals surface area contributed by atoms with Gasteiger partial charge in [0, 0.05) is 12.0 Å². The maximum absolute atomic E-state index is 13.3. The summed E-state index contributed by atoms with van der Waals surface area (Å²) in [4.78, 5) is 50.7. The smallest absolute Gasteiger partial charge is 0.407 e. The van der Waals surface area contributed by atoms with Crippen LogP contribution in [0.15, 0.2) is 78.9 Å². The number of ether oxygens (including phenoxy) is 2. The van der Waals surface area contributed by atoms with Gasteiger partial charge in [-0.1, -0.05) is 78.9 Å². The molecule has 0 aliphatic heterocycles. The number of amides is 2. The van der Waals surface area contributed by atoms with E-state index in [0.29, 0.717) is 19.3 Å². The van der Waals surface area contributed by atoms with Crippen molar-refractivity contribution in [3.05, 3.63) is 95.6 Å². The predicted octanol–water partition coefficient (Wildman–Crippen LogP) is 4.40. The molecule has 0 spiro atoms. The maximum atomic E-state index is 13.3. The van der Waals surface area contributed by atoms with Gasteiger partial charge in [0.05, 0.1) is 11.8 Å². The first-order chi connectivity index (χ1) is 20.3. The summed E-state index contributed by atoms with van der Waals surface area (Å²) >= 11 is 0. The molecule has 9 nitrogen and oxygen atoms in total. The molecule has 2 amide bonds. The molecule has 4 atom stereocenters. The molecular formula is C33H32N2O7. The van der Waals surface area contributed by atoms with Crippen molar-refractivity contribution in [3.8, 4) is 11.1 Å². The van der Waals surface area contributed by atoms with E-state index < -0.39 is 41.8 Å². The molecule has 42 heavy (non-hydrogen) atoms. The number of carboxylic acids is 1. The van der Waals surface area contributed by atoms with Crippen LogP contribution in [0.3, 0.4) is 0 Å². The Labute approximate surface area is 243 Å². The van der Waals surface area contributed by atoms with Crippen molar-refractivity contribution < 1.29 is 33.8 Å². The summed E-state index contributed by atoms with van der Waals surface area (Å²) in [6.45, 7) is 0.0858. The Balaban J connectivity index is 1.10. The second kappa shape index (κ2) is 11.3. The van der Waals surface area contributed by atoms with Gasteiger partial charge in [-0.2, -0.15) is 0 Å². The number of fused-ring (bicyclic) bond motifs is 4. The van der Waals surface area contributed by atoms with Crippen LogP contribution in [0.5, 0.6) is 0 Å². The molecule has 0 saturated heterocycles. The summed E-state index contributed by atoms with van der Waals surface area (Å²) in [5.41, 5.74) is 4.31. The molecule has 0 bridgehead atoms. The fraction of sp³-hybridized carbons (Fsp3) is 0.333. The Hall–Kier alpha value is -4.66. The highest BCUT2D eigenvalue weighted by molar-refractivity contribution is 5.90. The lowest BCUT2D eigenvalue weighted by atomic mass is 9.98. The van der Waals surface area contributed by atoms with Crippen LogP contribution in [0.25, 0.3) is 11.1 Å². The van der Waals surface area contributed by atoms with Crippen molar-refractivity contribution in [1.82, 2.24) is 10.6 Å². The highest BCUT2D eigenvalue weighted by Gasteiger charge is 2.65. The molecule has 0 radical (unpaired) electrons. The number of carboxylic acid groups (broad SMARTS) is 1. The lowest BCUT2D eigenvalue weighted by Crippen LogP contribution is -2.50. The van der Waals surface area contributed by atoms with Crippen LogP contribution < -0.4 is 10.6 Å². The molecule has 3 aromatic rings. The molecule has 2 saturated carbocycles. The van der Waals surface area contributed by atoms with Crippen LogP contribution in [-0.2, 0) is 30.5 Å². The van der Waals surface area contributed by atoms with E-state index in [9.17, 15) is 24.3 Å². The van der Waals surface area contributed by atoms with Crippen molar-refractivity contribution in [2.45, 2.75) is 50.3 Å². The fourth-order valence-corrected chi connectivity index (χ4v) is 6.52. The van der Waals surface area contributed by atoms with E-state index in [1.807, 2.05) is 78.9 Å². The monoisotopic (exact) mass is 568 g/mol.